The summed E-state index contributed by atoms with van der Waals surface area (Å²) in [4.78, 5) is 7.15. The number of fused-ring (bicyclic) bond motifs is 1. The topological polar surface area (TPSA) is 54.2 Å². The molecule has 4 nitrogen and oxygen atoms in total. The molecule has 1 atom stereocenters. The van der Waals surface area contributed by atoms with Crippen LogP contribution in [0.15, 0.2) is 24.3 Å². The van der Waals surface area contributed by atoms with Crippen LogP contribution in [-0.4, -0.2) is 40.0 Å². The lowest BCUT2D eigenvalue weighted by Gasteiger charge is -2.35. The highest BCUT2D eigenvalue weighted by molar-refractivity contribution is 14.1. The lowest BCUT2D eigenvalue weighted by Crippen LogP contribution is -2.37. The number of halogens is 1. The highest BCUT2D eigenvalue weighted by Gasteiger charge is 2.29. The molecule has 3 N–H and O–H groups in total. The number of nitrogen functional groups attached to an aromatic ring is 1. The molecule has 0 radical (unpaired) electrons. The first-order valence-corrected chi connectivity index (χ1v) is 14.2. The van der Waals surface area contributed by atoms with Crippen molar-refractivity contribution in [1.29, 1.82) is 0 Å². The number of unbranched alkanes of at least 4 members (excludes halogenated alkanes) is 4. The van der Waals surface area contributed by atoms with Crippen molar-refractivity contribution in [2.45, 2.75) is 87.9 Å². The smallest absolute Gasteiger partial charge is 0.126 e. The summed E-state index contributed by atoms with van der Waals surface area (Å²) in [6.07, 6.45) is 14.3. The van der Waals surface area contributed by atoms with E-state index in [0.29, 0.717) is 9.24 Å². The number of aryl methyl sites for hydroxylation is 1. The third-order valence-corrected chi connectivity index (χ3v) is 7.82. The Bertz CT molecular complexity index is 862. The van der Waals surface area contributed by atoms with E-state index in [2.05, 4.69) is 76.9 Å². The zero-order valence-electron chi connectivity index (χ0n) is 21.1. The summed E-state index contributed by atoms with van der Waals surface area (Å²) < 4.78 is 0.418. The normalized spacial score (nSPS) is 16.2. The van der Waals surface area contributed by atoms with Crippen LogP contribution in [0.5, 0.6) is 0 Å². The summed E-state index contributed by atoms with van der Waals surface area (Å²) in [5, 5.41) is 4.74. The molecule has 184 valence electrons. The molecule has 2 aromatic rings. The molecule has 1 aromatic carbocycles. The number of pyridine rings is 1. The monoisotopic (exact) mass is 564 g/mol. The second-order valence-electron chi connectivity index (χ2n) is 10.5. The average molecular weight is 565 g/mol. The zero-order valence-corrected chi connectivity index (χ0v) is 23.3. The van der Waals surface area contributed by atoms with Crippen molar-refractivity contribution in [3.05, 3.63) is 29.8 Å². The predicted molar refractivity (Wildman–Crippen MR) is 154 cm³/mol. The molecule has 33 heavy (non-hydrogen) atoms. The molecule has 1 aromatic heterocycles. The maximum Gasteiger partial charge on any atom is 0.126 e. The summed E-state index contributed by atoms with van der Waals surface area (Å²) in [5.41, 5.74) is 9.59. The largest absolute Gasteiger partial charge is 0.384 e. The molecule has 0 amide bonds. The van der Waals surface area contributed by atoms with Gasteiger partial charge in [-0.2, -0.15) is 0 Å². The number of nitrogens with two attached hydrogens (primary N) is 1. The maximum atomic E-state index is 6.10. The third kappa shape index (κ3) is 8.89. The van der Waals surface area contributed by atoms with Gasteiger partial charge in [0.15, 0.2) is 0 Å². The van der Waals surface area contributed by atoms with Gasteiger partial charge in [0.1, 0.15) is 5.82 Å². The van der Waals surface area contributed by atoms with E-state index >= 15 is 0 Å². The van der Waals surface area contributed by atoms with Gasteiger partial charge in [0, 0.05) is 33.7 Å². The van der Waals surface area contributed by atoms with Crippen molar-refractivity contribution >= 4 is 45.0 Å². The minimum Gasteiger partial charge on any atom is -0.384 e. The van der Waals surface area contributed by atoms with E-state index in [0.717, 1.165) is 30.1 Å². The van der Waals surface area contributed by atoms with Gasteiger partial charge in [-0.1, -0.05) is 80.2 Å². The van der Waals surface area contributed by atoms with Crippen LogP contribution in [0.4, 0.5) is 11.5 Å². The Labute approximate surface area is 215 Å². The van der Waals surface area contributed by atoms with Gasteiger partial charge in [0.05, 0.1) is 5.52 Å². The highest BCUT2D eigenvalue weighted by Crippen LogP contribution is 2.38. The molecule has 1 aliphatic carbocycles. The Balaban J connectivity index is 1.41. The molecule has 0 saturated heterocycles. The van der Waals surface area contributed by atoms with Crippen LogP contribution in [0, 0.1) is 5.92 Å². The van der Waals surface area contributed by atoms with Crippen LogP contribution in [-0.2, 0) is 6.42 Å². The van der Waals surface area contributed by atoms with Gasteiger partial charge < -0.3 is 16.0 Å². The first-order valence-electron chi connectivity index (χ1n) is 13.2. The summed E-state index contributed by atoms with van der Waals surface area (Å²) in [7, 11) is 2.30. The minimum absolute atomic E-state index is 0.418. The summed E-state index contributed by atoms with van der Waals surface area (Å²) >= 11 is 2.70. The van der Waals surface area contributed by atoms with E-state index < -0.39 is 0 Å². The highest BCUT2D eigenvalue weighted by atomic mass is 127. The Morgan fingerprint density at radius 2 is 1.97 bits per heavy atom. The number of hydrogen-bond acceptors (Lipinski definition) is 4. The number of nitrogens with zero attached hydrogens (tertiary/aromatic N) is 2. The zero-order chi connectivity index (χ0) is 23.7. The summed E-state index contributed by atoms with van der Waals surface area (Å²) in [5.74, 6) is 1.58. The van der Waals surface area contributed by atoms with Crippen LogP contribution in [0.3, 0.4) is 0 Å². The van der Waals surface area contributed by atoms with Crippen molar-refractivity contribution in [2.24, 2.45) is 5.92 Å². The molecule has 0 aliphatic heterocycles. The number of rotatable bonds is 15. The van der Waals surface area contributed by atoms with Gasteiger partial charge >= 0.3 is 0 Å². The van der Waals surface area contributed by atoms with Gasteiger partial charge in [-0.3, -0.25) is 0 Å². The van der Waals surface area contributed by atoms with Crippen LogP contribution in [0.25, 0.3) is 10.9 Å². The van der Waals surface area contributed by atoms with Crippen molar-refractivity contribution in [3.8, 4) is 0 Å². The number of anilines is 2. The first-order chi connectivity index (χ1) is 15.9. The van der Waals surface area contributed by atoms with Crippen molar-refractivity contribution < 1.29 is 0 Å². The Morgan fingerprint density at radius 1 is 1.15 bits per heavy atom. The quantitative estimate of drug-likeness (QED) is 0.134. The van der Waals surface area contributed by atoms with E-state index in [1.807, 2.05) is 6.07 Å². The predicted octanol–water partition coefficient (Wildman–Crippen LogP) is 7.45. The molecule has 0 bridgehead atoms. The van der Waals surface area contributed by atoms with Crippen LogP contribution in [0.2, 0.25) is 0 Å². The Kier molecular flexibility index (Phi) is 10.6. The summed E-state index contributed by atoms with van der Waals surface area (Å²) in [6, 6.07) is 8.69. The molecule has 1 saturated carbocycles. The third-order valence-electron chi connectivity index (χ3n) is 7.03. The number of alkyl halides is 1. The summed E-state index contributed by atoms with van der Waals surface area (Å²) in [6.45, 7) is 8.06. The van der Waals surface area contributed by atoms with Crippen molar-refractivity contribution in [1.82, 2.24) is 9.88 Å². The van der Waals surface area contributed by atoms with E-state index in [9.17, 15) is 0 Å². The van der Waals surface area contributed by atoms with Crippen LogP contribution < -0.4 is 11.1 Å². The van der Waals surface area contributed by atoms with E-state index in [1.54, 1.807) is 0 Å². The lowest BCUT2D eigenvalue weighted by molar-refractivity contribution is 0.235. The fourth-order valence-corrected chi connectivity index (χ4v) is 6.29. The molecule has 1 aliphatic rings. The average Bonchev–Trinajstić information content (AvgIpc) is 2.73. The molecule has 1 fully saturated rings. The molecule has 1 unspecified atom stereocenters. The molecule has 1 heterocycles. The fourth-order valence-electron chi connectivity index (χ4n) is 5.09. The second-order valence-corrected chi connectivity index (χ2v) is 13.1. The van der Waals surface area contributed by atoms with E-state index in [1.165, 1.54) is 88.2 Å². The lowest BCUT2D eigenvalue weighted by atomic mass is 9.79. The second kappa shape index (κ2) is 13.1. The SMILES string of the molecule is CCCCCNc1cc(N)nc2cc(CCCCCN(C)CC(C)(I)CC3CCC3)ccc12. The van der Waals surface area contributed by atoms with Crippen LogP contribution >= 0.6 is 22.6 Å². The van der Waals surface area contributed by atoms with E-state index in [4.69, 9.17) is 5.73 Å². The molecule has 0 spiro atoms. The van der Waals surface area contributed by atoms with Gasteiger partial charge in [-0.25, -0.2) is 4.98 Å². The van der Waals surface area contributed by atoms with Gasteiger partial charge in [0.25, 0.3) is 0 Å². The number of nitrogens with one attached hydrogen (secondary N) is 1. The number of benzene rings is 1. The van der Waals surface area contributed by atoms with Gasteiger partial charge in [0.2, 0.25) is 0 Å². The Hall–Kier alpha value is -1.08. The Morgan fingerprint density at radius 3 is 2.70 bits per heavy atom. The van der Waals surface area contributed by atoms with Crippen molar-refractivity contribution in [2.75, 3.05) is 37.7 Å². The maximum absolute atomic E-state index is 6.10. The fraction of sp³-hybridized carbons (Fsp3) is 0.679. The molecular formula is C28H45IN4. The van der Waals surface area contributed by atoms with Gasteiger partial charge in [-0.05, 0) is 70.2 Å². The minimum atomic E-state index is 0.418. The molecule has 5 heteroatoms. The standard InChI is InChI=1S/C28H45IN4/c1-4-5-8-16-31-25-19-27(30)32-26-18-22(14-15-24(25)26)11-7-6-9-17-33(3)21-28(2,29)20-23-12-10-13-23/h14-15,18-19,23H,4-13,16-17,20-21H2,1-3H3,(H3,30,31,32). The van der Waals surface area contributed by atoms with Crippen molar-refractivity contribution in [3.63, 3.8) is 0 Å². The first kappa shape index (κ1) is 26.5. The number of aromatic nitrogens is 1. The van der Waals surface area contributed by atoms with Crippen LogP contribution in [0.1, 0.15) is 83.6 Å². The molecular weight excluding hydrogens is 519 g/mol. The van der Waals surface area contributed by atoms with Gasteiger partial charge in [-0.15, -0.1) is 0 Å². The number of hydrogen-bond donors (Lipinski definition) is 2. The molecule has 3 rings (SSSR count). The van der Waals surface area contributed by atoms with E-state index in [-0.39, 0.29) is 0 Å².